The summed E-state index contributed by atoms with van der Waals surface area (Å²) in [7, 11) is 3.68. The van der Waals surface area contributed by atoms with Gasteiger partial charge in [0.25, 0.3) is 11.8 Å². The van der Waals surface area contributed by atoms with Gasteiger partial charge in [0.1, 0.15) is 11.3 Å². The minimum atomic E-state index is 0.00327. The van der Waals surface area contributed by atoms with E-state index < -0.39 is 0 Å². The number of amides is 2. The topological polar surface area (TPSA) is 98.6 Å². The van der Waals surface area contributed by atoms with Gasteiger partial charge >= 0.3 is 0 Å². The van der Waals surface area contributed by atoms with Crippen LogP contribution in [-0.2, 0) is 18.4 Å². The summed E-state index contributed by atoms with van der Waals surface area (Å²) in [6.45, 7) is 6.23. The molecule has 2 N–H and O–H groups in total. The molecule has 3 unspecified atom stereocenters. The molecule has 5 aromatic rings. The number of nitrogens with zero attached hydrogens (tertiary/aromatic N) is 5. The van der Waals surface area contributed by atoms with Gasteiger partial charge in [-0.15, -0.1) is 0 Å². The number of aryl methyl sites for hydroxylation is 1. The summed E-state index contributed by atoms with van der Waals surface area (Å²) in [5.41, 5.74) is 14.6. The Labute approximate surface area is 279 Å². The minimum absolute atomic E-state index is 0.00327. The summed E-state index contributed by atoms with van der Waals surface area (Å²) < 4.78 is 10.4. The number of fused-ring (bicyclic) bond motifs is 4. The van der Waals surface area contributed by atoms with Crippen molar-refractivity contribution in [2.45, 2.75) is 50.7 Å². The second-order valence-electron chi connectivity index (χ2n) is 14.2. The number of imidazole rings is 1. The maximum Gasteiger partial charge on any atom is 0.254 e. The molecule has 0 spiro atoms. The number of aromatic nitrogens is 3. The number of hydrogen-bond donors (Lipinski definition) is 1. The van der Waals surface area contributed by atoms with Crippen LogP contribution in [0.15, 0.2) is 72.8 Å². The van der Waals surface area contributed by atoms with E-state index in [1.54, 1.807) is 7.11 Å². The van der Waals surface area contributed by atoms with E-state index in [0.29, 0.717) is 41.7 Å². The van der Waals surface area contributed by atoms with Crippen molar-refractivity contribution in [3.63, 3.8) is 0 Å². The Kier molecular flexibility index (Phi) is 6.60. The third-order valence-electron chi connectivity index (χ3n) is 11.3. The number of rotatable bonds is 7. The quantitative estimate of drug-likeness (QED) is 0.216. The smallest absolute Gasteiger partial charge is 0.254 e. The Bertz CT molecular complexity index is 2170. The van der Waals surface area contributed by atoms with Gasteiger partial charge in [-0.25, -0.2) is 4.98 Å². The summed E-state index contributed by atoms with van der Waals surface area (Å²) in [5.74, 6) is 2.51. The summed E-state index contributed by atoms with van der Waals surface area (Å²) in [6, 6.07) is 21.0. The van der Waals surface area contributed by atoms with Crippen molar-refractivity contribution in [3.05, 3.63) is 78.4 Å². The Balaban J connectivity index is 1.12. The lowest BCUT2D eigenvalue weighted by molar-refractivity contribution is -0.114. The van der Waals surface area contributed by atoms with E-state index >= 15 is 0 Å². The van der Waals surface area contributed by atoms with Crippen LogP contribution >= 0.6 is 0 Å². The first-order valence-corrected chi connectivity index (χ1v) is 17.1. The highest BCUT2D eigenvalue weighted by Gasteiger charge is 2.47. The lowest BCUT2D eigenvalue weighted by Gasteiger charge is -2.27. The first kappa shape index (κ1) is 29.3. The van der Waals surface area contributed by atoms with E-state index in [9.17, 15) is 9.59 Å². The van der Waals surface area contributed by atoms with E-state index in [1.807, 2.05) is 41.1 Å². The number of piperidine rings is 1. The normalized spacial score (nSPS) is 22.2. The number of likely N-dealkylation sites (tertiary alicyclic amines) is 1. The van der Waals surface area contributed by atoms with Crippen molar-refractivity contribution >= 4 is 39.4 Å². The van der Waals surface area contributed by atoms with E-state index in [-0.39, 0.29) is 23.9 Å². The molecule has 48 heavy (non-hydrogen) atoms. The van der Waals surface area contributed by atoms with Gasteiger partial charge < -0.3 is 29.4 Å². The highest BCUT2D eigenvalue weighted by atomic mass is 16.5. The van der Waals surface area contributed by atoms with Gasteiger partial charge in [0.15, 0.2) is 5.82 Å². The van der Waals surface area contributed by atoms with E-state index in [1.165, 1.54) is 12.8 Å². The maximum absolute atomic E-state index is 13.8. The van der Waals surface area contributed by atoms with Crippen molar-refractivity contribution in [3.8, 4) is 28.4 Å². The van der Waals surface area contributed by atoms with Crippen LogP contribution in [0.4, 0.5) is 5.69 Å². The monoisotopic (exact) mass is 640 g/mol. The zero-order valence-electron chi connectivity index (χ0n) is 27.5. The van der Waals surface area contributed by atoms with Crippen LogP contribution in [0.3, 0.4) is 0 Å². The van der Waals surface area contributed by atoms with Crippen LogP contribution in [0.1, 0.15) is 42.5 Å². The zero-order valence-corrected chi connectivity index (χ0v) is 27.5. The molecule has 0 radical (unpaired) electrons. The van der Waals surface area contributed by atoms with Gasteiger partial charge in [0.05, 0.1) is 18.3 Å². The van der Waals surface area contributed by atoms with Gasteiger partial charge in [-0.05, 0) is 91.5 Å². The average Bonchev–Trinajstić information content (AvgIpc) is 3.28. The summed E-state index contributed by atoms with van der Waals surface area (Å²) in [6.07, 6.45) is 5.21. The molecule has 2 saturated carbocycles. The first-order valence-electron chi connectivity index (χ1n) is 17.1. The molecule has 4 fully saturated rings. The van der Waals surface area contributed by atoms with E-state index in [4.69, 9.17) is 15.5 Å². The van der Waals surface area contributed by atoms with Gasteiger partial charge in [0, 0.05) is 66.5 Å². The summed E-state index contributed by atoms with van der Waals surface area (Å²) >= 11 is 0. The number of nitrogens with two attached hydrogens (primary N) is 1. The standard InChI is InChI=1S/C39H40N6O3/c1-22-13-14-43(38(22)46)29-6-4-5-24(15-29)25-9-10-26-18-33(44(32(26)17-25)20-23-7-8-23)37-41-30-16-28(19-34(48-3)36(30)42(37)2)39(47)45-21-27-11-12-31(45)35(27)40/h4-6,9-10,15-19,23,27,31,35H,1,7-8,11-14,20-21,40H2,2-3H3. The number of hydrogen-bond acceptors (Lipinski definition) is 5. The third kappa shape index (κ3) is 4.51. The lowest BCUT2D eigenvalue weighted by atomic mass is 10.0. The van der Waals surface area contributed by atoms with Crippen molar-refractivity contribution in [1.29, 1.82) is 0 Å². The number of carbonyl (C=O) groups is 2. The number of methoxy groups -OCH3 is 1. The number of benzene rings is 3. The molecule has 2 aliphatic heterocycles. The second-order valence-corrected chi connectivity index (χ2v) is 14.2. The van der Waals surface area contributed by atoms with Crippen molar-refractivity contribution in [1.82, 2.24) is 19.0 Å². The Morgan fingerprint density at radius 1 is 1.04 bits per heavy atom. The fourth-order valence-corrected chi connectivity index (χ4v) is 8.39. The van der Waals surface area contributed by atoms with Crippen LogP contribution in [0, 0.1) is 11.8 Å². The molecule has 9 rings (SSSR count). The van der Waals surface area contributed by atoms with Crippen LogP contribution in [-0.4, -0.2) is 63.1 Å². The molecule has 2 aliphatic carbocycles. The SMILES string of the molecule is C=C1CCN(c2cccc(-c3ccc4cc(-c5nc6cc(C(=O)N7CC8CCC7C8N)cc(OC)c6n5C)n(CC5CC5)c4c3)c2)C1=O. The Morgan fingerprint density at radius 3 is 2.58 bits per heavy atom. The van der Waals surface area contributed by atoms with Gasteiger partial charge in [-0.1, -0.05) is 30.8 Å². The third-order valence-corrected chi connectivity index (χ3v) is 11.3. The molecular weight excluding hydrogens is 600 g/mol. The molecule has 3 aromatic carbocycles. The average molecular weight is 641 g/mol. The Hall–Kier alpha value is -4.89. The summed E-state index contributed by atoms with van der Waals surface area (Å²) in [4.78, 5) is 35.4. The molecular formula is C39H40N6O3. The predicted molar refractivity (Wildman–Crippen MR) is 188 cm³/mol. The molecule has 2 amide bonds. The fourth-order valence-electron chi connectivity index (χ4n) is 8.39. The largest absolute Gasteiger partial charge is 0.494 e. The fraction of sp³-hybridized carbons (Fsp3) is 0.359. The number of anilines is 1. The van der Waals surface area contributed by atoms with Crippen LogP contribution in [0.25, 0.3) is 44.6 Å². The maximum atomic E-state index is 13.8. The number of ether oxygens (including phenoxy) is 1. The van der Waals surface area contributed by atoms with Gasteiger partial charge in [-0.3, -0.25) is 9.59 Å². The van der Waals surface area contributed by atoms with E-state index in [0.717, 1.165) is 76.2 Å². The highest BCUT2D eigenvalue weighted by molar-refractivity contribution is 6.08. The Morgan fingerprint density at radius 2 is 1.88 bits per heavy atom. The molecule has 9 heteroatoms. The zero-order chi connectivity index (χ0) is 32.8. The number of carbonyl (C=O) groups excluding carboxylic acids is 2. The highest BCUT2D eigenvalue weighted by Crippen LogP contribution is 2.41. The molecule has 2 bridgehead atoms. The minimum Gasteiger partial charge on any atom is -0.494 e. The molecule has 2 saturated heterocycles. The van der Waals surface area contributed by atoms with Crippen molar-refractivity contribution in [2.75, 3.05) is 25.1 Å². The van der Waals surface area contributed by atoms with Crippen molar-refractivity contribution < 1.29 is 14.3 Å². The molecule has 2 aromatic heterocycles. The second kappa shape index (κ2) is 10.8. The van der Waals surface area contributed by atoms with Crippen molar-refractivity contribution in [2.24, 2.45) is 24.6 Å². The lowest BCUT2D eigenvalue weighted by Crippen LogP contribution is -2.41. The van der Waals surface area contributed by atoms with Crippen LogP contribution in [0.2, 0.25) is 0 Å². The first-order chi connectivity index (χ1) is 23.3. The van der Waals surface area contributed by atoms with Gasteiger partial charge in [0.2, 0.25) is 0 Å². The molecule has 244 valence electrons. The predicted octanol–water partition coefficient (Wildman–Crippen LogP) is 6.14. The molecule has 9 nitrogen and oxygen atoms in total. The van der Waals surface area contributed by atoms with Crippen LogP contribution < -0.4 is 15.4 Å². The molecule has 3 atom stereocenters. The molecule has 4 aliphatic rings. The molecule has 4 heterocycles. The van der Waals surface area contributed by atoms with E-state index in [2.05, 4.69) is 52.1 Å². The summed E-state index contributed by atoms with van der Waals surface area (Å²) in [5, 5.41) is 1.15. The van der Waals surface area contributed by atoms with Gasteiger partial charge in [-0.2, -0.15) is 0 Å². The van der Waals surface area contributed by atoms with Crippen LogP contribution in [0.5, 0.6) is 5.75 Å².